The van der Waals surface area contributed by atoms with Crippen molar-refractivity contribution >= 4 is 17.1 Å². The van der Waals surface area contributed by atoms with Gasteiger partial charge in [0.2, 0.25) is 0 Å². The molecule has 0 saturated carbocycles. The van der Waals surface area contributed by atoms with E-state index in [1.165, 1.54) is 33.4 Å². The molecule has 0 unspecified atom stereocenters. The maximum Gasteiger partial charge on any atom is 0.131 e. The van der Waals surface area contributed by atoms with Crippen LogP contribution in [0.15, 0.2) is 200 Å². The fourth-order valence-electron chi connectivity index (χ4n) is 10.7. The Hall–Kier alpha value is -7.82. The summed E-state index contributed by atoms with van der Waals surface area (Å²) in [6.07, 6.45) is 0. The summed E-state index contributed by atoms with van der Waals surface area (Å²) in [5, 5.41) is 0. The number of hydrogen-bond donors (Lipinski definition) is 0. The third-order valence-electron chi connectivity index (χ3n) is 14.7. The van der Waals surface area contributed by atoms with Crippen molar-refractivity contribution in [3.63, 3.8) is 0 Å². The van der Waals surface area contributed by atoms with Gasteiger partial charge in [-0.1, -0.05) is 151 Å². The molecule has 0 bridgehead atoms. The van der Waals surface area contributed by atoms with Crippen molar-refractivity contribution in [2.45, 2.75) is 57.8 Å². The monoisotopic (exact) mass is 869 g/mol. The molecule has 9 aromatic rings. The summed E-state index contributed by atoms with van der Waals surface area (Å²) in [7, 11) is 0. The number of nitrogens with zero attached hydrogens (tertiary/aromatic N) is 1. The molecule has 0 N–H and O–H groups in total. The van der Waals surface area contributed by atoms with Crippen molar-refractivity contribution < 1.29 is 14.2 Å². The number of fused-ring (bicyclic) bond motifs is 6. The molecular formula is C63H51NO3. The molecule has 9 aromatic carbocycles. The number of benzene rings is 9. The highest BCUT2D eigenvalue weighted by Gasteiger charge is 2.37. The quantitative estimate of drug-likeness (QED) is 0.167. The largest absolute Gasteiger partial charge is 0.457 e. The van der Waals surface area contributed by atoms with Crippen LogP contribution >= 0.6 is 0 Å². The number of anilines is 3. The molecule has 12 rings (SSSR count). The molecule has 0 atom stereocenters. The fraction of sp³-hybridized carbons (Fsp3) is 0.143. The van der Waals surface area contributed by atoms with E-state index in [9.17, 15) is 0 Å². The van der Waals surface area contributed by atoms with E-state index in [4.69, 9.17) is 14.2 Å². The highest BCUT2D eigenvalue weighted by atomic mass is 16.5. The second-order valence-electron chi connectivity index (χ2n) is 19.8. The second-order valence-corrected chi connectivity index (χ2v) is 19.8. The Bertz CT molecular complexity index is 3030. The zero-order valence-electron chi connectivity index (χ0n) is 38.7. The molecule has 0 spiro atoms. The van der Waals surface area contributed by atoms with E-state index in [-0.39, 0.29) is 16.2 Å². The average molecular weight is 870 g/mol. The predicted octanol–water partition coefficient (Wildman–Crippen LogP) is 17.5. The van der Waals surface area contributed by atoms with Crippen LogP contribution in [0.4, 0.5) is 17.1 Å². The van der Waals surface area contributed by atoms with Crippen LogP contribution < -0.4 is 19.1 Å². The molecule has 0 aliphatic carbocycles. The maximum atomic E-state index is 6.40. The molecule has 3 heterocycles. The van der Waals surface area contributed by atoms with E-state index in [0.717, 1.165) is 84.9 Å². The van der Waals surface area contributed by atoms with Crippen LogP contribution in [0.2, 0.25) is 0 Å². The Balaban J connectivity index is 0.894. The van der Waals surface area contributed by atoms with E-state index >= 15 is 0 Å². The van der Waals surface area contributed by atoms with Crippen molar-refractivity contribution in [3.8, 4) is 67.9 Å². The molecular weight excluding hydrogens is 819 g/mol. The zero-order valence-corrected chi connectivity index (χ0v) is 38.7. The lowest BCUT2D eigenvalue weighted by Crippen LogP contribution is -2.24. The molecule has 4 heteroatoms. The van der Waals surface area contributed by atoms with Gasteiger partial charge in [-0.15, -0.1) is 0 Å². The van der Waals surface area contributed by atoms with Crippen molar-refractivity contribution in [1.82, 2.24) is 0 Å². The lowest BCUT2D eigenvalue weighted by atomic mass is 9.75. The van der Waals surface area contributed by atoms with E-state index < -0.39 is 0 Å². The standard InChI is InChI=1S/C63H51NO3/c1-61(2)49-13-7-10-16-55(49)65-58-34-25-43(37-52(58)61)40-19-28-46(29-20-40)64(47-30-21-41(22-31-47)44-26-35-59-53(38-44)62(3,4)50-14-8-11-17-56(50)66-59)48-32-23-42(24-33-48)45-27-36-60-54(39-45)63(5,6)51-15-9-12-18-57(51)67-60/h7-39H,1-6H3. The van der Waals surface area contributed by atoms with Crippen molar-refractivity contribution in [1.29, 1.82) is 0 Å². The van der Waals surface area contributed by atoms with E-state index in [2.05, 4.69) is 228 Å². The predicted molar refractivity (Wildman–Crippen MR) is 273 cm³/mol. The first-order valence-corrected chi connectivity index (χ1v) is 23.3. The first-order valence-electron chi connectivity index (χ1n) is 23.3. The second kappa shape index (κ2) is 15.1. The van der Waals surface area contributed by atoms with Gasteiger partial charge in [-0.25, -0.2) is 0 Å². The van der Waals surface area contributed by atoms with Gasteiger partial charge >= 0.3 is 0 Å². The van der Waals surface area contributed by atoms with Gasteiger partial charge in [0.1, 0.15) is 34.5 Å². The highest BCUT2D eigenvalue weighted by molar-refractivity contribution is 5.82. The molecule has 3 aliphatic heterocycles. The van der Waals surface area contributed by atoms with Gasteiger partial charge in [0.05, 0.1) is 0 Å². The summed E-state index contributed by atoms with van der Waals surface area (Å²) in [6.45, 7) is 13.7. The Morgan fingerprint density at radius 2 is 0.493 bits per heavy atom. The molecule has 67 heavy (non-hydrogen) atoms. The zero-order chi connectivity index (χ0) is 45.7. The SMILES string of the molecule is CC1(C)c2ccccc2Oc2ccc(-c3ccc(N(c4ccc(-c5ccc6c(c5)C(C)(C)c5ccccc5O6)cc4)c4ccc(-c5ccc6c(c5)C(C)(C)c5ccccc5O6)cc4)cc3)cc21. The number of hydrogen-bond acceptors (Lipinski definition) is 4. The van der Waals surface area contributed by atoms with Gasteiger partial charge in [0, 0.05) is 66.7 Å². The highest BCUT2D eigenvalue weighted by Crippen LogP contribution is 2.52. The van der Waals surface area contributed by atoms with Crippen LogP contribution in [0.5, 0.6) is 34.5 Å². The molecule has 0 amide bonds. The molecule has 326 valence electrons. The van der Waals surface area contributed by atoms with Crippen LogP contribution in [0.3, 0.4) is 0 Å². The van der Waals surface area contributed by atoms with Gasteiger partial charge in [0.15, 0.2) is 0 Å². The van der Waals surface area contributed by atoms with Crippen molar-refractivity contribution in [2.24, 2.45) is 0 Å². The van der Waals surface area contributed by atoms with Crippen molar-refractivity contribution in [3.05, 3.63) is 234 Å². The third kappa shape index (κ3) is 6.65. The number of ether oxygens (including phenoxy) is 3. The maximum absolute atomic E-state index is 6.40. The summed E-state index contributed by atoms with van der Waals surface area (Å²) < 4.78 is 19.2. The Labute approximate surface area is 393 Å². The van der Waals surface area contributed by atoms with E-state index in [1.54, 1.807) is 0 Å². The number of rotatable bonds is 6. The van der Waals surface area contributed by atoms with E-state index in [0.29, 0.717) is 0 Å². The van der Waals surface area contributed by atoms with Gasteiger partial charge in [0.25, 0.3) is 0 Å². The minimum absolute atomic E-state index is 0.196. The minimum Gasteiger partial charge on any atom is -0.457 e. The van der Waals surface area contributed by atoms with Gasteiger partial charge in [-0.05, 0) is 124 Å². The van der Waals surface area contributed by atoms with Crippen LogP contribution in [0.1, 0.15) is 74.9 Å². The summed E-state index contributed by atoms with van der Waals surface area (Å²) in [5.74, 6) is 5.53. The number of para-hydroxylation sites is 3. The summed E-state index contributed by atoms with van der Waals surface area (Å²) >= 11 is 0. The average Bonchev–Trinajstić information content (AvgIpc) is 3.35. The topological polar surface area (TPSA) is 30.9 Å². The molecule has 0 fully saturated rings. The third-order valence-corrected chi connectivity index (χ3v) is 14.7. The smallest absolute Gasteiger partial charge is 0.131 e. The normalized spacial score (nSPS) is 15.1. The molecule has 3 aliphatic rings. The first-order chi connectivity index (χ1) is 32.4. The van der Waals surface area contributed by atoms with Crippen LogP contribution in [-0.4, -0.2) is 0 Å². The fourth-order valence-corrected chi connectivity index (χ4v) is 10.7. The summed E-state index contributed by atoms with van der Waals surface area (Å²) in [5.41, 5.74) is 16.7. The Morgan fingerprint density at radius 3 is 0.776 bits per heavy atom. The molecule has 0 saturated heterocycles. The molecule has 0 radical (unpaired) electrons. The van der Waals surface area contributed by atoms with Crippen molar-refractivity contribution in [2.75, 3.05) is 4.90 Å². The van der Waals surface area contributed by atoms with Crippen LogP contribution in [0.25, 0.3) is 33.4 Å². The minimum atomic E-state index is -0.196. The molecule has 0 aromatic heterocycles. The lowest BCUT2D eigenvalue weighted by molar-refractivity contribution is 0.418. The Morgan fingerprint density at radius 1 is 0.254 bits per heavy atom. The first kappa shape index (κ1) is 40.7. The lowest BCUT2D eigenvalue weighted by Gasteiger charge is -2.34. The van der Waals surface area contributed by atoms with Crippen LogP contribution in [-0.2, 0) is 16.2 Å². The Kier molecular flexibility index (Phi) is 9.18. The summed E-state index contributed by atoms with van der Waals surface area (Å²) in [6, 6.07) is 71.7. The summed E-state index contributed by atoms with van der Waals surface area (Å²) in [4.78, 5) is 2.35. The van der Waals surface area contributed by atoms with Gasteiger partial charge in [-0.2, -0.15) is 0 Å². The van der Waals surface area contributed by atoms with Crippen LogP contribution in [0, 0.1) is 0 Å². The van der Waals surface area contributed by atoms with Gasteiger partial charge in [-0.3, -0.25) is 0 Å². The van der Waals surface area contributed by atoms with Gasteiger partial charge < -0.3 is 19.1 Å². The molecule has 4 nitrogen and oxygen atoms in total. The van der Waals surface area contributed by atoms with E-state index in [1.807, 2.05) is 18.2 Å².